The monoisotopic (exact) mass is 266 g/mol. The SMILES string of the molecule is CC(=O)O.N=C(N)c1ncc(C2CCCC2)c(=O)[nH]1. The van der Waals surface area contributed by atoms with Gasteiger partial charge in [-0.25, -0.2) is 4.98 Å². The summed E-state index contributed by atoms with van der Waals surface area (Å²) in [6.07, 6.45) is 6.04. The van der Waals surface area contributed by atoms with E-state index in [0.29, 0.717) is 5.92 Å². The van der Waals surface area contributed by atoms with Gasteiger partial charge in [-0.2, -0.15) is 0 Å². The van der Waals surface area contributed by atoms with Crippen LogP contribution in [0, 0.1) is 5.41 Å². The van der Waals surface area contributed by atoms with E-state index in [1.807, 2.05) is 0 Å². The Balaban J connectivity index is 0.000000399. The molecule has 0 aliphatic heterocycles. The van der Waals surface area contributed by atoms with E-state index in [1.54, 1.807) is 6.20 Å². The van der Waals surface area contributed by atoms with E-state index < -0.39 is 5.97 Å². The van der Waals surface area contributed by atoms with Crippen molar-refractivity contribution >= 4 is 11.8 Å². The van der Waals surface area contributed by atoms with Gasteiger partial charge in [0.2, 0.25) is 0 Å². The number of carbonyl (C=O) groups is 1. The molecule has 0 unspecified atom stereocenters. The van der Waals surface area contributed by atoms with Crippen molar-refractivity contribution in [2.75, 3.05) is 0 Å². The summed E-state index contributed by atoms with van der Waals surface area (Å²) < 4.78 is 0. The number of amidine groups is 1. The number of carboxylic acids is 1. The molecule has 0 radical (unpaired) electrons. The summed E-state index contributed by atoms with van der Waals surface area (Å²) in [5, 5.41) is 14.6. The molecule has 1 aliphatic carbocycles. The standard InChI is InChI=1S/C10H14N4O.C2H4O2/c11-8(12)9-13-5-7(10(15)14-9)6-3-1-2-4-6;1-2(3)4/h5-6H,1-4H2,(H3,11,12)(H,13,14,15);1H3,(H,3,4). The molecule has 1 heterocycles. The normalized spacial score (nSPS) is 14.6. The number of nitrogens with two attached hydrogens (primary N) is 1. The zero-order chi connectivity index (χ0) is 14.4. The van der Waals surface area contributed by atoms with Crippen molar-refractivity contribution in [1.82, 2.24) is 9.97 Å². The molecule has 0 bridgehead atoms. The molecular weight excluding hydrogens is 248 g/mol. The summed E-state index contributed by atoms with van der Waals surface area (Å²) in [6, 6.07) is 0. The first-order chi connectivity index (χ1) is 8.91. The molecule has 1 aromatic rings. The molecule has 1 saturated carbocycles. The van der Waals surface area contributed by atoms with E-state index in [-0.39, 0.29) is 17.2 Å². The summed E-state index contributed by atoms with van der Waals surface area (Å²) in [5.41, 5.74) is 5.82. The minimum absolute atomic E-state index is 0.151. The predicted molar refractivity (Wildman–Crippen MR) is 70.4 cm³/mol. The minimum Gasteiger partial charge on any atom is -0.481 e. The summed E-state index contributed by atoms with van der Waals surface area (Å²) in [4.78, 5) is 27.2. The van der Waals surface area contributed by atoms with Gasteiger partial charge in [-0.1, -0.05) is 12.8 Å². The van der Waals surface area contributed by atoms with Crippen LogP contribution in [0.2, 0.25) is 0 Å². The first-order valence-corrected chi connectivity index (χ1v) is 6.05. The lowest BCUT2D eigenvalue weighted by Gasteiger charge is -2.07. The third-order valence-corrected chi connectivity index (χ3v) is 2.88. The molecule has 1 fully saturated rings. The van der Waals surface area contributed by atoms with Crippen molar-refractivity contribution in [3.8, 4) is 0 Å². The summed E-state index contributed by atoms with van der Waals surface area (Å²) >= 11 is 0. The van der Waals surface area contributed by atoms with Crippen molar-refractivity contribution < 1.29 is 9.90 Å². The van der Waals surface area contributed by atoms with Crippen LogP contribution < -0.4 is 11.3 Å². The topological polar surface area (TPSA) is 133 Å². The van der Waals surface area contributed by atoms with Crippen molar-refractivity contribution in [2.45, 2.75) is 38.5 Å². The number of aromatic nitrogens is 2. The fourth-order valence-corrected chi connectivity index (χ4v) is 2.07. The Kier molecular flexibility index (Phi) is 5.23. The largest absolute Gasteiger partial charge is 0.481 e. The number of H-pyrrole nitrogens is 1. The number of aromatic amines is 1. The number of nitrogens with one attached hydrogen (secondary N) is 2. The van der Waals surface area contributed by atoms with Gasteiger partial charge in [-0.15, -0.1) is 0 Å². The predicted octanol–water partition coefficient (Wildman–Crippen LogP) is 0.802. The zero-order valence-corrected chi connectivity index (χ0v) is 10.8. The van der Waals surface area contributed by atoms with Gasteiger partial charge < -0.3 is 15.8 Å². The van der Waals surface area contributed by atoms with Crippen LogP contribution in [0.3, 0.4) is 0 Å². The number of rotatable bonds is 2. The maximum absolute atomic E-state index is 11.7. The number of carboxylic acid groups (broad SMARTS) is 1. The Labute approximate surface area is 110 Å². The number of hydrogen-bond acceptors (Lipinski definition) is 4. The average molecular weight is 266 g/mol. The summed E-state index contributed by atoms with van der Waals surface area (Å²) in [6.45, 7) is 1.08. The molecule has 104 valence electrons. The number of nitrogens with zero attached hydrogens (tertiary/aromatic N) is 1. The Morgan fingerprint density at radius 3 is 2.47 bits per heavy atom. The Bertz CT molecular complexity index is 514. The summed E-state index contributed by atoms with van der Waals surface area (Å²) in [5.74, 6) is -0.547. The molecule has 7 heteroatoms. The maximum atomic E-state index is 11.7. The fraction of sp³-hybridized carbons (Fsp3) is 0.500. The van der Waals surface area contributed by atoms with Gasteiger partial charge in [0.25, 0.3) is 11.5 Å². The lowest BCUT2D eigenvalue weighted by molar-refractivity contribution is -0.134. The third kappa shape index (κ3) is 4.53. The third-order valence-electron chi connectivity index (χ3n) is 2.88. The molecule has 0 atom stereocenters. The molecule has 0 amide bonds. The highest BCUT2D eigenvalue weighted by molar-refractivity contribution is 5.90. The van der Waals surface area contributed by atoms with Gasteiger partial charge in [0, 0.05) is 18.7 Å². The van der Waals surface area contributed by atoms with Crippen LogP contribution in [0.4, 0.5) is 0 Å². The number of aliphatic carboxylic acids is 1. The molecule has 19 heavy (non-hydrogen) atoms. The van der Waals surface area contributed by atoms with Crippen molar-refractivity contribution in [3.05, 3.63) is 27.9 Å². The number of hydrogen-bond donors (Lipinski definition) is 4. The van der Waals surface area contributed by atoms with Crippen LogP contribution in [0.1, 0.15) is 49.9 Å². The van der Waals surface area contributed by atoms with Crippen molar-refractivity contribution in [1.29, 1.82) is 5.41 Å². The second kappa shape index (κ2) is 6.67. The van der Waals surface area contributed by atoms with Gasteiger partial charge >= 0.3 is 0 Å². The van der Waals surface area contributed by atoms with Crippen LogP contribution >= 0.6 is 0 Å². The van der Waals surface area contributed by atoms with E-state index in [4.69, 9.17) is 21.0 Å². The lowest BCUT2D eigenvalue weighted by atomic mass is 10.0. The smallest absolute Gasteiger partial charge is 0.300 e. The zero-order valence-electron chi connectivity index (χ0n) is 10.8. The molecule has 0 spiro atoms. The lowest BCUT2D eigenvalue weighted by Crippen LogP contribution is -2.24. The van der Waals surface area contributed by atoms with E-state index in [2.05, 4.69) is 9.97 Å². The molecule has 1 aliphatic rings. The Morgan fingerprint density at radius 1 is 1.53 bits per heavy atom. The quantitative estimate of drug-likeness (QED) is 0.464. The minimum atomic E-state index is -0.833. The van der Waals surface area contributed by atoms with E-state index >= 15 is 0 Å². The highest BCUT2D eigenvalue weighted by Gasteiger charge is 2.20. The molecule has 0 saturated heterocycles. The van der Waals surface area contributed by atoms with Crippen LogP contribution in [0.25, 0.3) is 0 Å². The molecule has 7 nitrogen and oxygen atoms in total. The van der Waals surface area contributed by atoms with E-state index in [1.165, 1.54) is 12.8 Å². The highest BCUT2D eigenvalue weighted by Crippen LogP contribution is 2.31. The molecule has 0 aromatic carbocycles. The Morgan fingerprint density at radius 2 is 2.05 bits per heavy atom. The average Bonchev–Trinajstić information content (AvgIpc) is 2.81. The first-order valence-electron chi connectivity index (χ1n) is 6.05. The van der Waals surface area contributed by atoms with Crippen molar-refractivity contribution in [3.63, 3.8) is 0 Å². The highest BCUT2D eigenvalue weighted by atomic mass is 16.4. The summed E-state index contributed by atoms with van der Waals surface area (Å²) in [7, 11) is 0. The second-order valence-electron chi connectivity index (χ2n) is 4.43. The first kappa shape index (κ1) is 14.9. The Hall–Kier alpha value is -2.18. The van der Waals surface area contributed by atoms with Gasteiger partial charge in [0.1, 0.15) is 0 Å². The number of nitrogen functional groups attached to an aromatic ring is 1. The van der Waals surface area contributed by atoms with Crippen LogP contribution in [-0.2, 0) is 4.79 Å². The van der Waals surface area contributed by atoms with Crippen LogP contribution in [0.5, 0.6) is 0 Å². The van der Waals surface area contributed by atoms with E-state index in [0.717, 1.165) is 25.3 Å². The van der Waals surface area contributed by atoms with Gasteiger partial charge in [-0.05, 0) is 18.8 Å². The van der Waals surface area contributed by atoms with Crippen molar-refractivity contribution in [2.24, 2.45) is 5.73 Å². The van der Waals surface area contributed by atoms with Crippen LogP contribution in [0.15, 0.2) is 11.0 Å². The second-order valence-corrected chi connectivity index (χ2v) is 4.43. The van der Waals surface area contributed by atoms with Gasteiger partial charge in [0.05, 0.1) is 0 Å². The molecule has 2 rings (SSSR count). The molecule has 1 aromatic heterocycles. The molecule has 5 N–H and O–H groups in total. The molecular formula is C12H18N4O3. The maximum Gasteiger partial charge on any atom is 0.300 e. The van der Waals surface area contributed by atoms with Crippen LogP contribution in [-0.4, -0.2) is 26.9 Å². The van der Waals surface area contributed by atoms with Gasteiger partial charge in [-0.3, -0.25) is 15.0 Å². The fourth-order valence-electron chi connectivity index (χ4n) is 2.07. The van der Waals surface area contributed by atoms with Gasteiger partial charge in [0.15, 0.2) is 11.7 Å². The van der Waals surface area contributed by atoms with E-state index in [9.17, 15) is 4.79 Å².